The van der Waals surface area contributed by atoms with Crippen LogP contribution in [-0.4, -0.2) is 14.7 Å². The van der Waals surface area contributed by atoms with E-state index in [9.17, 15) is 0 Å². The van der Waals surface area contributed by atoms with Crippen molar-refractivity contribution in [1.29, 1.82) is 0 Å². The van der Waals surface area contributed by atoms with E-state index in [0.717, 1.165) is 11.6 Å². The normalized spacial score (nSPS) is 12.1. The van der Waals surface area contributed by atoms with E-state index in [1.54, 1.807) is 0 Å². The molecule has 1 rings (SSSR count). The van der Waals surface area contributed by atoms with Crippen LogP contribution in [0.1, 0.15) is 52.1 Å². The Labute approximate surface area is 107 Å². The molecule has 0 unspecified atom stereocenters. The first-order valence-corrected chi connectivity index (χ1v) is 6.91. The minimum Gasteiger partial charge on any atom is -0.346 e. The van der Waals surface area contributed by atoms with Gasteiger partial charge < -0.3 is 4.98 Å². The highest BCUT2D eigenvalue weighted by molar-refractivity contribution is 7.99. The fraction of sp³-hybridized carbons (Fsp3) is 0.667. The summed E-state index contributed by atoms with van der Waals surface area (Å²) >= 11 is 7.05. The van der Waals surface area contributed by atoms with Crippen LogP contribution >= 0.6 is 24.0 Å². The fourth-order valence-electron chi connectivity index (χ4n) is 1.19. The van der Waals surface area contributed by atoms with Crippen LogP contribution in [0, 0.1) is 4.64 Å². The Morgan fingerprint density at radius 2 is 2.06 bits per heavy atom. The van der Waals surface area contributed by atoms with Crippen molar-refractivity contribution in [3.8, 4) is 0 Å². The van der Waals surface area contributed by atoms with Gasteiger partial charge in [0.05, 0.1) is 5.75 Å². The zero-order valence-corrected chi connectivity index (χ0v) is 12.3. The summed E-state index contributed by atoms with van der Waals surface area (Å²) in [5.41, 5.74) is 1.17. The van der Waals surface area contributed by atoms with Gasteiger partial charge in [-0.25, -0.2) is 4.98 Å². The molecule has 0 aliphatic rings. The predicted molar refractivity (Wildman–Crippen MR) is 74.6 cm³/mol. The standard InChI is InChI=1S/C12H20N2S2/c1-8(2)9-6-11(15)14-10(13-9)7-16-12(3,4)5/h6,8H,7H2,1-5H3,(H,13,14,15). The Bertz CT molecular complexity index is 402. The molecule has 0 saturated heterocycles. The van der Waals surface area contributed by atoms with Gasteiger partial charge in [0.15, 0.2) is 0 Å². The highest BCUT2D eigenvalue weighted by atomic mass is 32.2. The number of nitrogens with zero attached hydrogens (tertiary/aromatic N) is 1. The van der Waals surface area contributed by atoms with Gasteiger partial charge in [-0.05, 0) is 12.0 Å². The second-order valence-corrected chi connectivity index (χ2v) is 7.40. The van der Waals surface area contributed by atoms with Crippen LogP contribution in [0.4, 0.5) is 0 Å². The Kier molecular flexibility index (Phi) is 4.56. The first kappa shape index (κ1) is 13.7. The summed E-state index contributed by atoms with van der Waals surface area (Å²) in [6, 6.07) is 1.95. The molecule has 4 heteroatoms. The lowest BCUT2D eigenvalue weighted by molar-refractivity contribution is 0.785. The van der Waals surface area contributed by atoms with Crippen molar-refractivity contribution in [3.63, 3.8) is 0 Å². The predicted octanol–water partition coefficient (Wildman–Crippen LogP) is 4.29. The van der Waals surface area contributed by atoms with Crippen molar-refractivity contribution in [3.05, 3.63) is 22.2 Å². The third-order valence-corrected chi connectivity index (χ3v) is 3.57. The van der Waals surface area contributed by atoms with Crippen LogP contribution in [-0.2, 0) is 5.75 Å². The Morgan fingerprint density at radius 1 is 1.44 bits per heavy atom. The average molecular weight is 256 g/mol. The van der Waals surface area contributed by atoms with Crippen molar-refractivity contribution in [2.75, 3.05) is 0 Å². The van der Waals surface area contributed by atoms with Gasteiger partial charge in [-0.3, -0.25) is 0 Å². The van der Waals surface area contributed by atoms with E-state index in [2.05, 4.69) is 44.6 Å². The number of aromatic nitrogens is 2. The molecule has 2 nitrogen and oxygen atoms in total. The van der Waals surface area contributed by atoms with Gasteiger partial charge in [0, 0.05) is 10.4 Å². The van der Waals surface area contributed by atoms with Gasteiger partial charge in [0.2, 0.25) is 0 Å². The largest absolute Gasteiger partial charge is 0.346 e. The maximum absolute atomic E-state index is 5.17. The number of rotatable bonds is 3. The molecule has 0 bridgehead atoms. The number of hydrogen-bond acceptors (Lipinski definition) is 3. The van der Waals surface area contributed by atoms with Crippen molar-refractivity contribution >= 4 is 24.0 Å². The summed E-state index contributed by atoms with van der Waals surface area (Å²) in [4.78, 5) is 7.72. The molecule has 90 valence electrons. The monoisotopic (exact) mass is 256 g/mol. The second-order valence-electron chi connectivity index (χ2n) is 5.18. The molecule has 0 saturated carbocycles. The SMILES string of the molecule is CC(C)c1cc(=S)nc(CSC(C)(C)C)[nH]1. The average Bonchev–Trinajstić information content (AvgIpc) is 2.13. The molecule has 0 aliphatic carbocycles. The fourth-order valence-corrected chi connectivity index (χ4v) is 2.14. The number of nitrogens with one attached hydrogen (secondary N) is 1. The zero-order valence-electron chi connectivity index (χ0n) is 10.6. The molecule has 1 aromatic rings. The van der Waals surface area contributed by atoms with E-state index in [-0.39, 0.29) is 4.75 Å². The van der Waals surface area contributed by atoms with E-state index in [1.165, 1.54) is 5.69 Å². The zero-order chi connectivity index (χ0) is 12.3. The van der Waals surface area contributed by atoms with Gasteiger partial charge in [-0.15, -0.1) is 11.8 Å². The van der Waals surface area contributed by atoms with Crippen LogP contribution < -0.4 is 0 Å². The first-order chi connectivity index (χ1) is 7.28. The van der Waals surface area contributed by atoms with Crippen LogP contribution in [0.5, 0.6) is 0 Å². The summed E-state index contributed by atoms with van der Waals surface area (Å²) in [7, 11) is 0. The minimum absolute atomic E-state index is 0.255. The van der Waals surface area contributed by atoms with E-state index < -0.39 is 0 Å². The molecular weight excluding hydrogens is 236 g/mol. The topological polar surface area (TPSA) is 28.7 Å². The quantitative estimate of drug-likeness (QED) is 0.818. The Balaban J connectivity index is 2.85. The second kappa shape index (κ2) is 5.32. The first-order valence-electron chi connectivity index (χ1n) is 5.52. The van der Waals surface area contributed by atoms with Gasteiger partial charge >= 0.3 is 0 Å². The van der Waals surface area contributed by atoms with E-state index in [1.807, 2.05) is 17.8 Å². The summed E-state index contributed by atoms with van der Waals surface area (Å²) in [5, 5.41) is 0. The molecule has 0 aromatic carbocycles. The van der Waals surface area contributed by atoms with Crippen LogP contribution in [0.2, 0.25) is 0 Å². The summed E-state index contributed by atoms with van der Waals surface area (Å²) in [5.74, 6) is 2.33. The van der Waals surface area contributed by atoms with Crippen molar-refractivity contribution in [1.82, 2.24) is 9.97 Å². The lowest BCUT2D eigenvalue weighted by atomic mass is 10.1. The molecule has 0 atom stereocenters. The minimum atomic E-state index is 0.255. The molecule has 1 aromatic heterocycles. The molecule has 0 radical (unpaired) electrons. The lowest BCUT2D eigenvalue weighted by Gasteiger charge is -2.17. The maximum Gasteiger partial charge on any atom is 0.130 e. The molecule has 0 aliphatic heterocycles. The van der Waals surface area contributed by atoms with Crippen molar-refractivity contribution in [2.45, 2.75) is 51.0 Å². The van der Waals surface area contributed by atoms with Crippen LogP contribution in [0.3, 0.4) is 0 Å². The van der Waals surface area contributed by atoms with Gasteiger partial charge in [0.25, 0.3) is 0 Å². The van der Waals surface area contributed by atoms with Crippen molar-refractivity contribution < 1.29 is 0 Å². The molecular formula is C12H20N2S2. The van der Waals surface area contributed by atoms with Crippen LogP contribution in [0.15, 0.2) is 6.07 Å². The van der Waals surface area contributed by atoms with E-state index in [0.29, 0.717) is 10.6 Å². The van der Waals surface area contributed by atoms with Gasteiger partial charge in [-0.2, -0.15) is 0 Å². The third kappa shape index (κ3) is 4.66. The maximum atomic E-state index is 5.17. The number of thioether (sulfide) groups is 1. The number of aromatic amines is 1. The van der Waals surface area contributed by atoms with Gasteiger partial charge in [0.1, 0.15) is 10.5 Å². The molecule has 16 heavy (non-hydrogen) atoms. The highest BCUT2D eigenvalue weighted by Gasteiger charge is 2.12. The summed E-state index contributed by atoms with van der Waals surface area (Å²) < 4.78 is 0.942. The molecule has 0 spiro atoms. The van der Waals surface area contributed by atoms with E-state index >= 15 is 0 Å². The van der Waals surface area contributed by atoms with Gasteiger partial charge in [-0.1, -0.05) is 46.8 Å². The summed E-state index contributed by atoms with van der Waals surface area (Å²) in [6.07, 6.45) is 0. The summed E-state index contributed by atoms with van der Waals surface area (Å²) in [6.45, 7) is 10.9. The Hall–Kier alpha value is -0.350. The van der Waals surface area contributed by atoms with Crippen molar-refractivity contribution in [2.24, 2.45) is 0 Å². The molecule has 0 amide bonds. The van der Waals surface area contributed by atoms with Crippen LogP contribution in [0.25, 0.3) is 0 Å². The molecule has 0 fully saturated rings. The highest BCUT2D eigenvalue weighted by Crippen LogP contribution is 2.26. The third-order valence-electron chi connectivity index (χ3n) is 2.08. The number of hydrogen-bond donors (Lipinski definition) is 1. The molecule has 1 heterocycles. The Morgan fingerprint density at radius 3 is 2.56 bits per heavy atom. The van der Waals surface area contributed by atoms with E-state index in [4.69, 9.17) is 12.2 Å². The smallest absolute Gasteiger partial charge is 0.130 e. The molecule has 1 N–H and O–H groups in total. The lowest BCUT2D eigenvalue weighted by Crippen LogP contribution is -2.09. The number of H-pyrrole nitrogens is 1.